The molecule has 1 aliphatic heterocycles. The lowest BCUT2D eigenvalue weighted by atomic mass is 9.88. The minimum absolute atomic E-state index is 0.0131. The molecule has 2 saturated carbocycles. The van der Waals surface area contributed by atoms with Crippen LogP contribution in [0, 0.1) is 5.92 Å². The van der Waals surface area contributed by atoms with Crippen molar-refractivity contribution in [1.29, 1.82) is 0 Å². The van der Waals surface area contributed by atoms with Gasteiger partial charge in [0.1, 0.15) is 17.6 Å². The predicted molar refractivity (Wildman–Crippen MR) is 156 cm³/mol. The van der Waals surface area contributed by atoms with Crippen LogP contribution >= 0.6 is 0 Å². The molecule has 1 unspecified atom stereocenters. The minimum Gasteiger partial charge on any atom is -0.497 e. The number of esters is 1. The summed E-state index contributed by atoms with van der Waals surface area (Å²) in [6.07, 6.45) is 4.84. The van der Waals surface area contributed by atoms with Crippen molar-refractivity contribution in [3.8, 4) is 17.4 Å². The van der Waals surface area contributed by atoms with Crippen LogP contribution in [0.1, 0.15) is 87.7 Å². The van der Waals surface area contributed by atoms with Crippen molar-refractivity contribution in [2.24, 2.45) is 5.92 Å². The van der Waals surface area contributed by atoms with Crippen molar-refractivity contribution >= 4 is 5.97 Å². The Kier molecular flexibility index (Phi) is 10.4. The number of alkyl halides is 3. The van der Waals surface area contributed by atoms with E-state index in [1.165, 1.54) is 4.90 Å². The molecule has 1 saturated heterocycles. The summed E-state index contributed by atoms with van der Waals surface area (Å²) in [7, 11) is 1.61. The zero-order valence-corrected chi connectivity index (χ0v) is 25.1. The molecule has 5 rings (SSSR count). The molecule has 1 aromatic heterocycles. The zero-order valence-electron chi connectivity index (χ0n) is 25.1. The summed E-state index contributed by atoms with van der Waals surface area (Å²) in [6, 6.07) is 9.76. The van der Waals surface area contributed by atoms with Crippen molar-refractivity contribution in [2.45, 2.75) is 94.9 Å². The van der Waals surface area contributed by atoms with Crippen molar-refractivity contribution in [3.63, 3.8) is 0 Å². The third kappa shape index (κ3) is 9.00. The van der Waals surface area contributed by atoms with Gasteiger partial charge in [0.25, 0.3) is 0 Å². The normalized spacial score (nSPS) is 22.5. The number of nitrogens with zero attached hydrogens (tertiary/aromatic N) is 2. The van der Waals surface area contributed by atoms with E-state index in [0.29, 0.717) is 56.5 Å². The first-order chi connectivity index (χ1) is 20.7. The highest BCUT2D eigenvalue weighted by molar-refractivity contribution is 5.70. The zero-order chi connectivity index (χ0) is 30.4. The van der Waals surface area contributed by atoms with Crippen LogP contribution in [-0.2, 0) is 9.53 Å². The van der Waals surface area contributed by atoms with E-state index in [2.05, 4.69) is 4.98 Å². The maximum atomic E-state index is 12.9. The molecule has 0 bridgehead atoms. The maximum Gasteiger partial charge on any atom is 0.401 e. The van der Waals surface area contributed by atoms with Gasteiger partial charge < -0.3 is 18.9 Å². The fourth-order valence-electron chi connectivity index (χ4n) is 6.53. The quantitative estimate of drug-likeness (QED) is 0.241. The molecule has 43 heavy (non-hydrogen) atoms. The van der Waals surface area contributed by atoms with Gasteiger partial charge in [0.2, 0.25) is 5.88 Å². The van der Waals surface area contributed by atoms with Gasteiger partial charge in [-0.3, -0.25) is 9.69 Å². The molecule has 0 N–H and O–H groups in total. The van der Waals surface area contributed by atoms with Crippen molar-refractivity contribution in [2.75, 3.05) is 33.4 Å². The minimum atomic E-state index is -4.17. The number of likely N-dealkylation sites (tertiary alicyclic amines) is 1. The number of methoxy groups -OCH3 is 1. The second-order valence-electron chi connectivity index (χ2n) is 12.1. The van der Waals surface area contributed by atoms with Gasteiger partial charge in [-0.15, -0.1) is 0 Å². The van der Waals surface area contributed by atoms with Gasteiger partial charge in [-0.05, 0) is 112 Å². The number of ether oxygens (including phenoxy) is 4. The van der Waals surface area contributed by atoms with Gasteiger partial charge in [0.05, 0.1) is 32.8 Å². The lowest BCUT2D eigenvalue weighted by Crippen LogP contribution is -2.39. The average Bonchev–Trinajstić information content (AvgIpc) is 3.82. The predicted octanol–water partition coefficient (Wildman–Crippen LogP) is 7.05. The number of hydrogen-bond donors (Lipinski definition) is 0. The van der Waals surface area contributed by atoms with Crippen LogP contribution in [-0.4, -0.2) is 67.6 Å². The monoisotopic (exact) mass is 604 g/mol. The Hall–Kier alpha value is -3.01. The molecular formula is C33H43F3N2O5. The molecule has 236 valence electrons. The molecular weight excluding hydrogens is 561 g/mol. The average molecular weight is 605 g/mol. The summed E-state index contributed by atoms with van der Waals surface area (Å²) in [5, 5.41) is 0. The molecule has 1 atom stereocenters. The van der Waals surface area contributed by atoms with Crippen molar-refractivity contribution < 1.29 is 36.9 Å². The SMILES string of the molecule is CCOC(=O)CC(c1ccnc(OC2CCC(Oc3cc(OC)ccc3C3CCN(CC(F)(F)F)CC3)CC2)c1)C1CC1. The molecule has 3 fully saturated rings. The van der Waals surface area contributed by atoms with Gasteiger partial charge in [0.15, 0.2) is 0 Å². The molecule has 3 aliphatic rings. The largest absolute Gasteiger partial charge is 0.497 e. The highest BCUT2D eigenvalue weighted by atomic mass is 19.4. The summed E-state index contributed by atoms with van der Waals surface area (Å²) in [5.74, 6) is 2.66. The van der Waals surface area contributed by atoms with E-state index in [4.69, 9.17) is 18.9 Å². The van der Waals surface area contributed by atoms with Gasteiger partial charge in [0, 0.05) is 18.3 Å². The third-order valence-electron chi connectivity index (χ3n) is 8.92. The Morgan fingerprint density at radius 1 is 0.977 bits per heavy atom. The molecule has 0 amide bonds. The summed E-state index contributed by atoms with van der Waals surface area (Å²) < 4.78 is 62.1. The van der Waals surface area contributed by atoms with Crippen LogP contribution in [0.25, 0.3) is 0 Å². The first-order valence-electron chi connectivity index (χ1n) is 15.6. The van der Waals surface area contributed by atoms with E-state index in [-0.39, 0.29) is 30.0 Å². The number of pyridine rings is 1. The van der Waals surface area contributed by atoms with Crippen LogP contribution in [0.3, 0.4) is 0 Å². The number of aromatic nitrogens is 1. The highest BCUT2D eigenvalue weighted by Crippen LogP contribution is 2.45. The Labute approximate surface area is 252 Å². The maximum absolute atomic E-state index is 12.9. The Morgan fingerprint density at radius 3 is 2.30 bits per heavy atom. The number of rotatable bonds is 12. The van der Waals surface area contributed by atoms with Crippen LogP contribution < -0.4 is 14.2 Å². The Bertz CT molecular complexity index is 1210. The smallest absolute Gasteiger partial charge is 0.401 e. The van der Waals surface area contributed by atoms with Gasteiger partial charge >= 0.3 is 12.1 Å². The standard InChI is InChI=1S/C33H43F3N2O5/c1-3-41-32(39)20-29(22-4-5-22)24-12-15-37-31(18-24)43-26-8-6-25(7-9-26)42-30-19-27(40-2)10-11-28(30)23-13-16-38(17-14-23)21-33(34,35)36/h10-12,15,18-19,22-23,25-26,29H,3-9,13-14,16-17,20-21H2,1-2H3. The molecule has 0 radical (unpaired) electrons. The van der Waals surface area contributed by atoms with Gasteiger partial charge in [-0.25, -0.2) is 4.98 Å². The first kappa shape index (κ1) is 31.4. The molecule has 7 nitrogen and oxygen atoms in total. The second-order valence-corrected chi connectivity index (χ2v) is 12.1. The number of hydrogen-bond acceptors (Lipinski definition) is 7. The van der Waals surface area contributed by atoms with E-state index in [9.17, 15) is 18.0 Å². The molecule has 0 spiro atoms. The van der Waals surface area contributed by atoms with Crippen LogP contribution in [0.4, 0.5) is 13.2 Å². The number of carbonyl (C=O) groups is 1. The molecule has 10 heteroatoms. The summed E-state index contributed by atoms with van der Waals surface area (Å²) in [4.78, 5) is 18.1. The Balaban J connectivity index is 1.16. The highest BCUT2D eigenvalue weighted by Gasteiger charge is 2.35. The van der Waals surface area contributed by atoms with E-state index in [1.807, 2.05) is 37.3 Å². The van der Waals surface area contributed by atoms with E-state index < -0.39 is 12.7 Å². The Morgan fingerprint density at radius 2 is 1.67 bits per heavy atom. The van der Waals surface area contributed by atoms with Gasteiger partial charge in [-0.1, -0.05) is 6.07 Å². The summed E-state index contributed by atoms with van der Waals surface area (Å²) in [6.45, 7) is 2.18. The number of piperidine rings is 1. The van der Waals surface area contributed by atoms with E-state index >= 15 is 0 Å². The fourth-order valence-corrected chi connectivity index (χ4v) is 6.53. The molecule has 2 aromatic rings. The summed E-state index contributed by atoms with van der Waals surface area (Å²) in [5.41, 5.74) is 2.12. The second kappa shape index (κ2) is 14.2. The molecule has 2 heterocycles. The lowest BCUT2D eigenvalue weighted by Gasteiger charge is -2.34. The fraction of sp³-hybridized carbons (Fsp3) is 0.636. The van der Waals surface area contributed by atoms with Crippen molar-refractivity contribution in [3.05, 3.63) is 47.7 Å². The first-order valence-corrected chi connectivity index (χ1v) is 15.6. The number of halogens is 3. The number of carbonyl (C=O) groups excluding carboxylic acids is 1. The molecule has 2 aliphatic carbocycles. The lowest BCUT2D eigenvalue weighted by molar-refractivity contribution is -0.148. The number of benzene rings is 1. The van der Waals surface area contributed by atoms with Crippen LogP contribution in [0.5, 0.6) is 17.4 Å². The molecule has 1 aromatic carbocycles. The van der Waals surface area contributed by atoms with E-state index in [1.54, 1.807) is 13.3 Å². The van der Waals surface area contributed by atoms with Gasteiger partial charge in [-0.2, -0.15) is 13.2 Å². The summed E-state index contributed by atoms with van der Waals surface area (Å²) >= 11 is 0. The van der Waals surface area contributed by atoms with Crippen LogP contribution in [0.15, 0.2) is 36.5 Å². The van der Waals surface area contributed by atoms with Crippen LogP contribution in [0.2, 0.25) is 0 Å². The third-order valence-corrected chi connectivity index (χ3v) is 8.92. The van der Waals surface area contributed by atoms with E-state index in [0.717, 1.165) is 55.4 Å². The van der Waals surface area contributed by atoms with Crippen molar-refractivity contribution in [1.82, 2.24) is 9.88 Å². The topological polar surface area (TPSA) is 70.1 Å².